The highest BCUT2D eigenvalue weighted by atomic mass is 16.5. The highest BCUT2D eigenvalue weighted by molar-refractivity contribution is 5.96. The van der Waals surface area contributed by atoms with Gasteiger partial charge in [-0.3, -0.25) is 9.59 Å². The molecule has 0 aromatic heterocycles. The van der Waals surface area contributed by atoms with Crippen LogP contribution in [-0.2, 0) is 20.7 Å². The summed E-state index contributed by atoms with van der Waals surface area (Å²) in [4.78, 5) is 37.8. The fourth-order valence-electron chi connectivity index (χ4n) is 3.32. The van der Waals surface area contributed by atoms with Crippen molar-refractivity contribution >= 4 is 23.5 Å². The Hall–Kier alpha value is -3.15. The number of anilines is 1. The molecule has 0 aliphatic carbocycles. The van der Waals surface area contributed by atoms with E-state index in [1.807, 2.05) is 31.2 Å². The third kappa shape index (κ3) is 5.22. The van der Waals surface area contributed by atoms with Crippen LogP contribution in [-0.4, -0.2) is 30.9 Å². The lowest BCUT2D eigenvalue weighted by molar-refractivity contribution is -0.124. The van der Waals surface area contributed by atoms with Gasteiger partial charge in [0, 0.05) is 18.7 Å². The zero-order valence-electron chi connectivity index (χ0n) is 16.8. The average Bonchev–Trinajstić information content (AvgIpc) is 3.18. The van der Waals surface area contributed by atoms with E-state index < -0.39 is 5.97 Å². The van der Waals surface area contributed by atoms with Gasteiger partial charge < -0.3 is 15.0 Å². The third-order valence-electron chi connectivity index (χ3n) is 5.09. The molecule has 1 aliphatic heterocycles. The Labute approximate surface area is 170 Å². The van der Waals surface area contributed by atoms with Gasteiger partial charge in [0.1, 0.15) is 0 Å². The molecule has 6 heteroatoms. The van der Waals surface area contributed by atoms with Crippen molar-refractivity contribution in [2.75, 3.05) is 18.1 Å². The first kappa shape index (κ1) is 20.6. The zero-order valence-corrected chi connectivity index (χ0v) is 16.8. The summed E-state index contributed by atoms with van der Waals surface area (Å²) in [5, 5.41) is 2.83. The zero-order chi connectivity index (χ0) is 20.8. The molecule has 0 saturated carbocycles. The highest BCUT2D eigenvalue weighted by Crippen LogP contribution is 2.21. The number of aryl methyl sites for hydroxylation is 1. The number of carbonyl (C=O) groups excluding carboxylic acids is 3. The van der Waals surface area contributed by atoms with Crippen LogP contribution in [0.25, 0.3) is 0 Å². The lowest BCUT2D eigenvalue weighted by atomic mass is 10.1. The number of benzene rings is 2. The predicted molar refractivity (Wildman–Crippen MR) is 111 cm³/mol. The number of esters is 1. The molecule has 0 radical (unpaired) electrons. The van der Waals surface area contributed by atoms with Crippen LogP contribution in [0.5, 0.6) is 0 Å². The van der Waals surface area contributed by atoms with Crippen LogP contribution in [0.1, 0.15) is 54.2 Å². The minimum Gasteiger partial charge on any atom is -0.452 e. The molecule has 2 aromatic carbocycles. The smallest absolute Gasteiger partial charge is 0.338 e. The van der Waals surface area contributed by atoms with Gasteiger partial charge >= 0.3 is 5.97 Å². The summed E-state index contributed by atoms with van der Waals surface area (Å²) in [6.45, 7) is 4.33. The van der Waals surface area contributed by atoms with Crippen molar-refractivity contribution < 1.29 is 19.1 Å². The van der Waals surface area contributed by atoms with E-state index in [0.29, 0.717) is 18.5 Å². The lowest BCUT2D eigenvalue weighted by Gasteiger charge is -2.16. The number of nitrogens with zero attached hydrogens (tertiary/aromatic N) is 1. The number of hydrogen-bond donors (Lipinski definition) is 1. The van der Waals surface area contributed by atoms with Gasteiger partial charge in [0.05, 0.1) is 11.6 Å². The summed E-state index contributed by atoms with van der Waals surface area (Å²) in [6, 6.07) is 14.5. The molecule has 1 N–H and O–H groups in total. The van der Waals surface area contributed by atoms with Crippen LogP contribution in [0.4, 0.5) is 5.69 Å². The molecular weight excluding hydrogens is 368 g/mol. The van der Waals surface area contributed by atoms with E-state index in [1.165, 1.54) is 5.56 Å². The first-order chi connectivity index (χ1) is 14.0. The molecule has 1 saturated heterocycles. The number of nitrogens with one attached hydrogen (secondary N) is 1. The number of rotatable bonds is 7. The van der Waals surface area contributed by atoms with Crippen LogP contribution in [0.15, 0.2) is 48.5 Å². The van der Waals surface area contributed by atoms with Crippen molar-refractivity contribution in [2.24, 2.45) is 0 Å². The fourth-order valence-corrected chi connectivity index (χ4v) is 3.32. The maximum absolute atomic E-state index is 12.2. The van der Waals surface area contributed by atoms with Gasteiger partial charge in [-0.1, -0.05) is 31.2 Å². The number of carbonyl (C=O) groups is 3. The molecule has 2 amide bonds. The van der Waals surface area contributed by atoms with Crippen molar-refractivity contribution in [3.8, 4) is 0 Å². The van der Waals surface area contributed by atoms with E-state index in [9.17, 15) is 14.4 Å². The minimum atomic E-state index is -0.570. The van der Waals surface area contributed by atoms with Crippen molar-refractivity contribution in [2.45, 2.75) is 39.2 Å². The summed E-state index contributed by atoms with van der Waals surface area (Å²) >= 11 is 0. The van der Waals surface area contributed by atoms with Crippen LogP contribution in [0.3, 0.4) is 0 Å². The Balaban J connectivity index is 1.49. The first-order valence-electron chi connectivity index (χ1n) is 9.93. The third-order valence-corrected chi connectivity index (χ3v) is 5.09. The molecule has 1 aliphatic rings. The molecule has 3 rings (SSSR count). The molecule has 0 spiro atoms. The normalized spacial score (nSPS) is 14.6. The summed E-state index contributed by atoms with van der Waals surface area (Å²) in [5.41, 5.74) is 3.34. The van der Waals surface area contributed by atoms with E-state index in [-0.39, 0.29) is 24.5 Å². The summed E-state index contributed by atoms with van der Waals surface area (Å²) in [5.74, 6) is -0.834. The molecule has 0 bridgehead atoms. The molecule has 6 nitrogen and oxygen atoms in total. The van der Waals surface area contributed by atoms with Gasteiger partial charge in [0.15, 0.2) is 6.61 Å². The van der Waals surface area contributed by atoms with E-state index in [2.05, 4.69) is 12.2 Å². The van der Waals surface area contributed by atoms with E-state index in [4.69, 9.17) is 4.74 Å². The van der Waals surface area contributed by atoms with Gasteiger partial charge in [0.25, 0.3) is 5.91 Å². The minimum absolute atomic E-state index is 0.0930. The molecule has 1 fully saturated rings. The monoisotopic (exact) mass is 394 g/mol. The summed E-state index contributed by atoms with van der Waals surface area (Å²) in [6.07, 6.45) is 2.37. The van der Waals surface area contributed by atoms with Crippen molar-refractivity contribution in [3.05, 3.63) is 65.2 Å². The Morgan fingerprint density at radius 1 is 1.10 bits per heavy atom. The second kappa shape index (κ2) is 9.37. The molecular formula is C23H26N2O4. The van der Waals surface area contributed by atoms with Gasteiger partial charge in [-0.05, 0) is 55.2 Å². The Morgan fingerprint density at radius 2 is 1.79 bits per heavy atom. The van der Waals surface area contributed by atoms with Crippen LogP contribution < -0.4 is 10.2 Å². The first-order valence-corrected chi connectivity index (χ1v) is 9.93. The molecule has 1 atom stereocenters. The second-order valence-electron chi connectivity index (χ2n) is 7.16. The van der Waals surface area contributed by atoms with E-state index >= 15 is 0 Å². The SMILES string of the molecule is CCc1ccc(C(C)NC(=O)COC(=O)c2ccc(N3CCCC3=O)cc2)cc1. The van der Waals surface area contributed by atoms with Gasteiger partial charge in [0.2, 0.25) is 5.91 Å². The second-order valence-corrected chi connectivity index (χ2v) is 7.16. The standard InChI is InChI=1S/C23H26N2O4/c1-3-17-6-8-18(9-7-17)16(2)24-21(26)15-29-23(28)19-10-12-20(13-11-19)25-14-4-5-22(25)27/h6-13,16H,3-5,14-15H2,1-2H3,(H,24,26). The quantitative estimate of drug-likeness (QED) is 0.730. The van der Waals surface area contributed by atoms with Crippen molar-refractivity contribution in [1.82, 2.24) is 5.32 Å². The van der Waals surface area contributed by atoms with Gasteiger partial charge in [-0.15, -0.1) is 0 Å². The Morgan fingerprint density at radius 3 is 2.38 bits per heavy atom. The van der Waals surface area contributed by atoms with E-state index in [1.54, 1.807) is 29.2 Å². The Kier molecular flexibility index (Phi) is 6.65. The number of ether oxygens (including phenoxy) is 1. The lowest BCUT2D eigenvalue weighted by Crippen LogP contribution is -2.31. The van der Waals surface area contributed by atoms with Crippen molar-refractivity contribution in [1.29, 1.82) is 0 Å². The average molecular weight is 394 g/mol. The molecule has 29 heavy (non-hydrogen) atoms. The molecule has 152 valence electrons. The number of hydrogen-bond acceptors (Lipinski definition) is 4. The molecule has 1 unspecified atom stereocenters. The highest BCUT2D eigenvalue weighted by Gasteiger charge is 2.22. The van der Waals surface area contributed by atoms with Crippen molar-refractivity contribution in [3.63, 3.8) is 0 Å². The number of amides is 2. The Bertz CT molecular complexity index is 875. The van der Waals surface area contributed by atoms with Crippen LogP contribution >= 0.6 is 0 Å². The maximum atomic E-state index is 12.2. The fraction of sp³-hybridized carbons (Fsp3) is 0.348. The summed E-state index contributed by atoms with van der Waals surface area (Å²) in [7, 11) is 0. The van der Waals surface area contributed by atoms with Crippen LogP contribution in [0, 0.1) is 0 Å². The van der Waals surface area contributed by atoms with Gasteiger partial charge in [-0.25, -0.2) is 4.79 Å². The van der Waals surface area contributed by atoms with E-state index in [0.717, 1.165) is 24.1 Å². The predicted octanol–water partition coefficient (Wildman–Crippen LogP) is 3.41. The summed E-state index contributed by atoms with van der Waals surface area (Å²) < 4.78 is 5.12. The molecule has 2 aromatic rings. The maximum Gasteiger partial charge on any atom is 0.338 e. The van der Waals surface area contributed by atoms with Crippen LogP contribution in [0.2, 0.25) is 0 Å². The van der Waals surface area contributed by atoms with Gasteiger partial charge in [-0.2, -0.15) is 0 Å². The molecule has 1 heterocycles. The largest absolute Gasteiger partial charge is 0.452 e. The topological polar surface area (TPSA) is 75.7 Å².